The van der Waals surface area contributed by atoms with Gasteiger partial charge in [-0.25, -0.2) is 13.2 Å². The molecule has 3 fully saturated rings. The van der Waals surface area contributed by atoms with Crippen molar-refractivity contribution in [1.29, 1.82) is 0 Å². The van der Waals surface area contributed by atoms with Crippen molar-refractivity contribution >= 4 is 28.3 Å². The van der Waals surface area contributed by atoms with Crippen molar-refractivity contribution in [3.05, 3.63) is 11.0 Å². The number of pyridine rings is 1. The fourth-order valence-electron chi connectivity index (χ4n) is 5.90. The first-order valence-corrected chi connectivity index (χ1v) is 11.9. The van der Waals surface area contributed by atoms with E-state index in [2.05, 4.69) is 19.9 Å². The molecule has 4 aliphatic heterocycles. The van der Waals surface area contributed by atoms with Gasteiger partial charge in [0.05, 0.1) is 11.6 Å². The van der Waals surface area contributed by atoms with Crippen molar-refractivity contribution in [2.24, 2.45) is 0 Å². The van der Waals surface area contributed by atoms with Gasteiger partial charge in [-0.15, -0.1) is 0 Å². The number of rotatable bonds is 3. The lowest BCUT2D eigenvalue weighted by Crippen LogP contribution is -2.43. The van der Waals surface area contributed by atoms with Crippen LogP contribution in [0.15, 0.2) is 0 Å². The first-order chi connectivity index (χ1) is 15.9. The molecule has 0 aromatic carbocycles. The molecular formula is C22H25ClF3N5O2. The van der Waals surface area contributed by atoms with Gasteiger partial charge in [-0.3, -0.25) is 4.90 Å². The molecule has 0 spiro atoms. The first-order valence-electron chi connectivity index (χ1n) is 11.6. The van der Waals surface area contributed by atoms with Crippen LogP contribution < -0.4 is 14.4 Å². The van der Waals surface area contributed by atoms with E-state index in [0.29, 0.717) is 17.8 Å². The molecule has 0 saturated carbocycles. The minimum Gasteiger partial charge on any atom is -0.475 e. The second-order valence-corrected chi connectivity index (χ2v) is 9.96. The molecule has 2 aromatic heterocycles. The third kappa shape index (κ3) is 3.56. The molecule has 0 aliphatic carbocycles. The zero-order chi connectivity index (χ0) is 22.7. The van der Waals surface area contributed by atoms with E-state index in [4.69, 9.17) is 21.1 Å². The summed E-state index contributed by atoms with van der Waals surface area (Å²) in [5.74, 6) is -0.0470. The zero-order valence-corrected chi connectivity index (χ0v) is 18.8. The second kappa shape index (κ2) is 8.01. The van der Waals surface area contributed by atoms with E-state index in [1.165, 1.54) is 0 Å². The maximum atomic E-state index is 15.1. The van der Waals surface area contributed by atoms with Crippen molar-refractivity contribution < 1.29 is 22.6 Å². The number of aromatic nitrogens is 3. The predicted octanol–water partition coefficient (Wildman–Crippen LogP) is 3.86. The number of ether oxygens (including phenoxy) is 2. The highest BCUT2D eigenvalue weighted by Crippen LogP contribution is 2.43. The van der Waals surface area contributed by atoms with Crippen LogP contribution in [0.25, 0.3) is 10.9 Å². The molecule has 11 heteroatoms. The predicted molar refractivity (Wildman–Crippen MR) is 116 cm³/mol. The highest BCUT2D eigenvalue weighted by atomic mass is 35.5. The summed E-state index contributed by atoms with van der Waals surface area (Å²) in [5.41, 5.74) is -0.757. The molecule has 6 heterocycles. The minimum atomic E-state index is -1.02. The average Bonchev–Trinajstić information content (AvgIpc) is 3.05. The van der Waals surface area contributed by atoms with Crippen molar-refractivity contribution in [2.75, 3.05) is 37.7 Å². The SMILES string of the molecule is Fc1c(Cl)nc2c3c(nc(OCC45CC(F)CN4C[C@H](F)C5)nc13)N1CCCCC[C@H]1CO2. The largest absolute Gasteiger partial charge is 0.475 e. The van der Waals surface area contributed by atoms with Gasteiger partial charge in [-0.1, -0.05) is 24.4 Å². The Morgan fingerprint density at radius 3 is 2.67 bits per heavy atom. The molecule has 178 valence electrons. The summed E-state index contributed by atoms with van der Waals surface area (Å²) >= 11 is 6.05. The minimum absolute atomic E-state index is 0.0196. The van der Waals surface area contributed by atoms with Gasteiger partial charge in [0.1, 0.15) is 42.3 Å². The van der Waals surface area contributed by atoms with Crippen LogP contribution in [0.1, 0.15) is 38.5 Å². The average molecular weight is 484 g/mol. The number of halogens is 4. The lowest BCUT2D eigenvalue weighted by molar-refractivity contribution is 0.107. The molecule has 0 amide bonds. The van der Waals surface area contributed by atoms with Crippen LogP contribution in [0.3, 0.4) is 0 Å². The number of nitrogens with zero attached hydrogens (tertiary/aromatic N) is 5. The number of alkyl halides is 2. The fraction of sp³-hybridized carbons (Fsp3) is 0.682. The van der Waals surface area contributed by atoms with Gasteiger partial charge in [-0.2, -0.15) is 15.0 Å². The number of fused-ring (bicyclic) bond motifs is 3. The number of hydrogen-bond acceptors (Lipinski definition) is 7. The third-order valence-corrected chi connectivity index (χ3v) is 7.66. The van der Waals surface area contributed by atoms with E-state index < -0.39 is 23.7 Å². The lowest BCUT2D eigenvalue weighted by Gasteiger charge is -2.31. The summed E-state index contributed by atoms with van der Waals surface area (Å²) in [6.07, 6.45) is 2.40. The van der Waals surface area contributed by atoms with Crippen molar-refractivity contribution in [2.45, 2.75) is 62.4 Å². The van der Waals surface area contributed by atoms with Crippen molar-refractivity contribution in [3.8, 4) is 11.9 Å². The van der Waals surface area contributed by atoms with Gasteiger partial charge in [0.25, 0.3) is 0 Å². The van der Waals surface area contributed by atoms with E-state index in [-0.39, 0.29) is 61.1 Å². The Hall–Kier alpha value is -2.07. The molecule has 2 aromatic rings. The Labute approximate surface area is 194 Å². The summed E-state index contributed by atoms with van der Waals surface area (Å²) in [6, 6.07) is 0.0290. The highest BCUT2D eigenvalue weighted by molar-refractivity contribution is 6.30. The molecule has 0 bridgehead atoms. The monoisotopic (exact) mass is 483 g/mol. The van der Waals surface area contributed by atoms with Crippen LogP contribution in [0.4, 0.5) is 19.0 Å². The highest BCUT2D eigenvalue weighted by Gasteiger charge is 2.53. The Morgan fingerprint density at radius 2 is 1.88 bits per heavy atom. The van der Waals surface area contributed by atoms with Crippen molar-refractivity contribution in [1.82, 2.24) is 19.9 Å². The molecule has 3 saturated heterocycles. The molecule has 0 N–H and O–H groups in total. The molecular weight excluding hydrogens is 459 g/mol. The topological polar surface area (TPSA) is 63.6 Å². The lowest BCUT2D eigenvalue weighted by atomic mass is 9.94. The Morgan fingerprint density at radius 1 is 1.09 bits per heavy atom. The summed E-state index contributed by atoms with van der Waals surface area (Å²) < 4.78 is 55.2. The smallest absolute Gasteiger partial charge is 0.319 e. The van der Waals surface area contributed by atoms with E-state index in [1.807, 2.05) is 4.90 Å². The quantitative estimate of drug-likeness (QED) is 0.614. The fourth-order valence-corrected chi connectivity index (χ4v) is 6.07. The van der Waals surface area contributed by atoms with E-state index in [1.54, 1.807) is 0 Å². The summed E-state index contributed by atoms with van der Waals surface area (Å²) in [7, 11) is 0. The maximum Gasteiger partial charge on any atom is 0.319 e. The van der Waals surface area contributed by atoms with E-state index in [0.717, 1.165) is 32.2 Å². The third-order valence-electron chi connectivity index (χ3n) is 7.41. The van der Waals surface area contributed by atoms with Gasteiger partial charge in [0.15, 0.2) is 11.0 Å². The Balaban J connectivity index is 1.41. The number of anilines is 1. The standard InChI is InChI=1S/C22H25ClF3N5O2/c23-18-16(26)17-15-19(31-5-3-1-2-4-14(31)10-32-20(15)28-18)29-21(27-17)33-11-22-6-12(24)8-30(22)9-13(25)7-22/h12-14H,1-11H2/t12-,13?,14+,22?/m1/s1. The molecule has 4 atom stereocenters. The summed E-state index contributed by atoms with van der Waals surface area (Å²) in [6.45, 7) is 1.56. The molecule has 4 aliphatic rings. The van der Waals surface area contributed by atoms with Gasteiger partial charge < -0.3 is 14.4 Å². The maximum absolute atomic E-state index is 15.1. The number of hydrogen-bond donors (Lipinski definition) is 0. The second-order valence-electron chi connectivity index (χ2n) is 9.60. The van der Waals surface area contributed by atoms with Crippen LogP contribution >= 0.6 is 11.6 Å². The molecule has 6 rings (SSSR count). The summed E-state index contributed by atoms with van der Waals surface area (Å²) in [5, 5.41) is 0.0462. The van der Waals surface area contributed by atoms with E-state index >= 15 is 4.39 Å². The zero-order valence-electron chi connectivity index (χ0n) is 18.1. The van der Waals surface area contributed by atoms with Gasteiger partial charge in [-0.05, 0) is 12.8 Å². The Bertz CT molecular complexity index is 1080. The van der Waals surface area contributed by atoms with Gasteiger partial charge >= 0.3 is 6.01 Å². The Kier molecular flexibility index (Phi) is 5.21. The normalized spacial score (nSPS) is 31.6. The molecule has 0 radical (unpaired) electrons. The molecule has 2 unspecified atom stereocenters. The van der Waals surface area contributed by atoms with Gasteiger partial charge in [0.2, 0.25) is 5.88 Å². The first kappa shape index (κ1) is 21.5. The van der Waals surface area contributed by atoms with Crippen LogP contribution in [-0.2, 0) is 0 Å². The van der Waals surface area contributed by atoms with Gasteiger partial charge in [0, 0.05) is 32.5 Å². The van der Waals surface area contributed by atoms with Crippen LogP contribution in [0, 0.1) is 5.82 Å². The molecule has 7 nitrogen and oxygen atoms in total. The van der Waals surface area contributed by atoms with E-state index in [9.17, 15) is 8.78 Å². The van der Waals surface area contributed by atoms with Crippen molar-refractivity contribution in [3.63, 3.8) is 0 Å². The van der Waals surface area contributed by atoms with Crippen LogP contribution in [-0.4, -0.2) is 76.6 Å². The summed E-state index contributed by atoms with van der Waals surface area (Å²) in [4.78, 5) is 17.0. The van der Waals surface area contributed by atoms with Crippen LogP contribution in [0.5, 0.6) is 11.9 Å². The van der Waals surface area contributed by atoms with Crippen LogP contribution in [0.2, 0.25) is 5.15 Å². The molecule has 33 heavy (non-hydrogen) atoms.